The second-order valence-electron chi connectivity index (χ2n) is 7.15. The molecule has 1 aliphatic heterocycles. The Kier molecular flexibility index (Phi) is 5.76. The van der Waals surface area contributed by atoms with Gasteiger partial charge in [-0.05, 0) is 56.2 Å². The average Bonchev–Trinajstić information content (AvgIpc) is 2.66. The second kappa shape index (κ2) is 7.93. The summed E-state index contributed by atoms with van der Waals surface area (Å²) >= 11 is 0. The largest absolute Gasteiger partial charge is 0.497 e. The minimum Gasteiger partial charge on any atom is -0.497 e. The van der Waals surface area contributed by atoms with Crippen molar-refractivity contribution in [2.75, 3.05) is 33.3 Å². The topological polar surface area (TPSA) is 66.9 Å². The Labute approximate surface area is 166 Å². The van der Waals surface area contributed by atoms with Gasteiger partial charge in [-0.3, -0.25) is 4.79 Å². The summed E-state index contributed by atoms with van der Waals surface area (Å²) in [5.74, 6) is 0.596. The molecule has 150 valence electrons. The number of aryl methyl sites for hydroxylation is 3. The van der Waals surface area contributed by atoms with E-state index >= 15 is 0 Å². The molecule has 0 spiro atoms. The van der Waals surface area contributed by atoms with E-state index in [0.717, 1.165) is 16.7 Å². The summed E-state index contributed by atoms with van der Waals surface area (Å²) < 4.78 is 32.9. The maximum absolute atomic E-state index is 13.2. The van der Waals surface area contributed by atoms with Crippen LogP contribution < -0.4 is 4.74 Å². The van der Waals surface area contributed by atoms with Crippen molar-refractivity contribution in [3.8, 4) is 5.75 Å². The third kappa shape index (κ3) is 3.91. The van der Waals surface area contributed by atoms with Crippen molar-refractivity contribution in [3.05, 3.63) is 58.7 Å². The molecule has 0 aromatic heterocycles. The van der Waals surface area contributed by atoms with E-state index in [9.17, 15) is 13.2 Å². The monoisotopic (exact) mass is 402 g/mol. The summed E-state index contributed by atoms with van der Waals surface area (Å²) in [6.45, 7) is 6.93. The van der Waals surface area contributed by atoms with Crippen LogP contribution in [0.4, 0.5) is 0 Å². The fourth-order valence-corrected chi connectivity index (χ4v) is 5.58. The van der Waals surface area contributed by atoms with Gasteiger partial charge in [0.25, 0.3) is 5.91 Å². The molecular weight excluding hydrogens is 376 g/mol. The van der Waals surface area contributed by atoms with Gasteiger partial charge in [0, 0.05) is 31.7 Å². The van der Waals surface area contributed by atoms with Crippen molar-refractivity contribution in [3.63, 3.8) is 0 Å². The van der Waals surface area contributed by atoms with E-state index in [0.29, 0.717) is 29.3 Å². The van der Waals surface area contributed by atoms with Crippen LogP contribution in [0.2, 0.25) is 0 Å². The molecule has 1 fully saturated rings. The zero-order valence-electron chi connectivity index (χ0n) is 16.7. The molecule has 0 radical (unpaired) electrons. The zero-order valence-corrected chi connectivity index (χ0v) is 17.5. The smallest absolute Gasteiger partial charge is 0.253 e. The van der Waals surface area contributed by atoms with Crippen LogP contribution >= 0.6 is 0 Å². The van der Waals surface area contributed by atoms with Gasteiger partial charge >= 0.3 is 0 Å². The van der Waals surface area contributed by atoms with E-state index in [4.69, 9.17) is 4.74 Å². The standard InChI is InChI=1S/C21H26N2O4S/c1-15-13-16(2)20(17(3)14-15)28(25,26)23-11-9-22(10-12-23)21(24)18-5-7-19(27-4)8-6-18/h5-8,13-14H,9-12H2,1-4H3. The third-order valence-electron chi connectivity index (χ3n) is 5.07. The second-order valence-corrected chi connectivity index (χ2v) is 9.03. The van der Waals surface area contributed by atoms with E-state index in [1.165, 1.54) is 4.31 Å². The van der Waals surface area contributed by atoms with Crippen LogP contribution in [-0.4, -0.2) is 56.8 Å². The van der Waals surface area contributed by atoms with Crippen LogP contribution in [0.15, 0.2) is 41.3 Å². The van der Waals surface area contributed by atoms with Crippen molar-refractivity contribution >= 4 is 15.9 Å². The van der Waals surface area contributed by atoms with E-state index in [-0.39, 0.29) is 19.0 Å². The Balaban J connectivity index is 1.73. The van der Waals surface area contributed by atoms with Gasteiger partial charge in [0.05, 0.1) is 12.0 Å². The summed E-state index contributed by atoms with van der Waals surface area (Å²) in [4.78, 5) is 14.8. The van der Waals surface area contributed by atoms with Gasteiger partial charge in [0.2, 0.25) is 10.0 Å². The summed E-state index contributed by atoms with van der Waals surface area (Å²) in [6.07, 6.45) is 0. The van der Waals surface area contributed by atoms with Crippen molar-refractivity contribution in [1.29, 1.82) is 0 Å². The van der Waals surface area contributed by atoms with E-state index in [2.05, 4.69) is 0 Å². The van der Waals surface area contributed by atoms with Gasteiger partial charge in [0.15, 0.2) is 0 Å². The maximum atomic E-state index is 13.2. The zero-order chi connectivity index (χ0) is 20.5. The minimum absolute atomic E-state index is 0.0950. The number of methoxy groups -OCH3 is 1. The molecule has 28 heavy (non-hydrogen) atoms. The van der Waals surface area contributed by atoms with Crippen LogP contribution in [0.3, 0.4) is 0 Å². The molecule has 0 N–H and O–H groups in total. The number of hydrogen-bond acceptors (Lipinski definition) is 4. The molecule has 0 saturated carbocycles. The number of rotatable bonds is 4. The fraction of sp³-hybridized carbons (Fsp3) is 0.381. The molecule has 0 unspecified atom stereocenters. The molecule has 1 heterocycles. The molecule has 6 nitrogen and oxygen atoms in total. The quantitative estimate of drug-likeness (QED) is 0.789. The van der Waals surface area contributed by atoms with Gasteiger partial charge < -0.3 is 9.64 Å². The first kappa shape index (κ1) is 20.4. The Morgan fingerprint density at radius 3 is 1.96 bits per heavy atom. The molecule has 1 aliphatic rings. The summed E-state index contributed by atoms with van der Waals surface area (Å²) in [6, 6.07) is 10.7. The maximum Gasteiger partial charge on any atom is 0.253 e. The van der Waals surface area contributed by atoms with E-state index in [1.54, 1.807) is 36.3 Å². The lowest BCUT2D eigenvalue weighted by atomic mass is 10.1. The average molecular weight is 403 g/mol. The number of hydrogen-bond donors (Lipinski definition) is 0. The first-order valence-electron chi connectivity index (χ1n) is 9.25. The van der Waals surface area contributed by atoms with Gasteiger partial charge in [-0.25, -0.2) is 8.42 Å². The molecule has 3 rings (SSSR count). The molecule has 0 aliphatic carbocycles. The van der Waals surface area contributed by atoms with Crippen LogP contribution in [0, 0.1) is 20.8 Å². The molecule has 1 amide bonds. The Bertz CT molecular complexity index is 953. The number of sulfonamides is 1. The normalized spacial score (nSPS) is 15.5. The van der Waals surface area contributed by atoms with Crippen LogP contribution in [-0.2, 0) is 10.0 Å². The highest BCUT2D eigenvalue weighted by molar-refractivity contribution is 7.89. The number of amides is 1. The number of carbonyl (C=O) groups excluding carboxylic acids is 1. The first-order valence-corrected chi connectivity index (χ1v) is 10.7. The number of piperazine rings is 1. The summed E-state index contributed by atoms with van der Waals surface area (Å²) in [7, 11) is -2.01. The Morgan fingerprint density at radius 2 is 1.46 bits per heavy atom. The van der Waals surface area contributed by atoms with Crippen molar-refractivity contribution < 1.29 is 17.9 Å². The Morgan fingerprint density at radius 1 is 0.929 bits per heavy atom. The van der Waals surface area contributed by atoms with Crippen LogP contribution in [0.1, 0.15) is 27.0 Å². The molecule has 1 saturated heterocycles. The van der Waals surface area contributed by atoms with Gasteiger partial charge in [-0.2, -0.15) is 4.31 Å². The van der Waals surface area contributed by atoms with Gasteiger partial charge in [-0.15, -0.1) is 0 Å². The molecule has 0 atom stereocenters. The predicted octanol–water partition coefficient (Wildman–Crippen LogP) is 2.77. The molecule has 7 heteroatoms. The van der Waals surface area contributed by atoms with E-state index in [1.807, 2.05) is 32.9 Å². The number of carbonyl (C=O) groups is 1. The van der Waals surface area contributed by atoms with E-state index < -0.39 is 10.0 Å². The predicted molar refractivity (Wildman–Crippen MR) is 108 cm³/mol. The lowest BCUT2D eigenvalue weighted by Crippen LogP contribution is -2.50. The van der Waals surface area contributed by atoms with Crippen LogP contribution in [0.25, 0.3) is 0 Å². The number of ether oxygens (including phenoxy) is 1. The number of nitrogens with zero attached hydrogens (tertiary/aromatic N) is 2. The van der Waals surface area contributed by atoms with Gasteiger partial charge in [0.1, 0.15) is 5.75 Å². The summed E-state index contributed by atoms with van der Waals surface area (Å²) in [5, 5.41) is 0. The van der Waals surface area contributed by atoms with Crippen LogP contribution in [0.5, 0.6) is 5.75 Å². The molecular formula is C21H26N2O4S. The highest BCUT2D eigenvalue weighted by Gasteiger charge is 2.32. The lowest BCUT2D eigenvalue weighted by Gasteiger charge is -2.34. The highest BCUT2D eigenvalue weighted by atomic mass is 32.2. The van der Waals surface area contributed by atoms with Gasteiger partial charge in [-0.1, -0.05) is 17.7 Å². The third-order valence-corrected chi connectivity index (χ3v) is 7.27. The Hall–Kier alpha value is -2.38. The van der Waals surface area contributed by atoms with Crippen molar-refractivity contribution in [2.24, 2.45) is 0 Å². The van der Waals surface area contributed by atoms with Crippen molar-refractivity contribution in [1.82, 2.24) is 9.21 Å². The number of benzene rings is 2. The van der Waals surface area contributed by atoms with Crippen molar-refractivity contribution in [2.45, 2.75) is 25.7 Å². The first-order chi connectivity index (χ1) is 13.2. The minimum atomic E-state index is -3.58. The lowest BCUT2D eigenvalue weighted by molar-refractivity contribution is 0.0698. The SMILES string of the molecule is COc1ccc(C(=O)N2CCN(S(=O)(=O)c3c(C)cc(C)cc3C)CC2)cc1. The highest BCUT2D eigenvalue weighted by Crippen LogP contribution is 2.26. The fourth-order valence-electron chi connectivity index (χ4n) is 3.75. The molecule has 2 aromatic carbocycles. The molecule has 0 bridgehead atoms. The molecule has 2 aromatic rings. The summed E-state index contributed by atoms with van der Waals surface area (Å²) in [5.41, 5.74) is 3.13.